The quantitative estimate of drug-likeness (QED) is 0.639. The first-order valence-electron chi connectivity index (χ1n) is 9.23. The van der Waals surface area contributed by atoms with Crippen LogP contribution in [0.25, 0.3) is 11.1 Å². The Kier molecular flexibility index (Phi) is 6.36. The first-order chi connectivity index (χ1) is 13.5. The third-order valence-corrected chi connectivity index (χ3v) is 5.04. The van der Waals surface area contributed by atoms with Crippen LogP contribution in [0.1, 0.15) is 25.7 Å². The summed E-state index contributed by atoms with van der Waals surface area (Å²) in [6.45, 7) is 0. The van der Waals surface area contributed by atoms with Crippen molar-refractivity contribution < 1.29 is 23.7 Å². The maximum absolute atomic E-state index is 13.4. The fourth-order valence-corrected chi connectivity index (χ4v) is 3.46. The van der Waals surface area contributed by atoms with Gasteiger partial charge in [-0.2, -0.15) is 0 Å². The van der Waals surface area contributed by atoms with E-state index in [9.17, 15) is 13.6 Å². The molecular formula is C21H24F2N3O2+. The predicted molar refractivity (Wildman–Crippen MR) is 103 cm³/mol. The minimum Gasteiger partial charge on any atom is -0.399 e. The topological polar surface area (TPSA) is 58.5 Å². The van der Waals surface area contributed by atoms with Gasteiger partial charge in [-0.25, -0.2) is 18.9 Å². The molecule has 1 saturated carbocycles. The Hall–Kier alpha value is -2.80. The summed E-state index contributed by atoms with van der Waals surface area (Å²) < 4.78 is 26.8. The summed E-state index contributed by atoms with van der Waals surface area (Å²) in [5.74, 6) is -1.23. The Morgan fingerprint density at radius 2 is 1.68 bits per heavy atom. The number of amides is 2. The molecule has 2 aromatic rings. The summed E-state index contributed by atoms with van der Waals surface area (Å²) >= 11 is 0. The van der Waals surface area contributed by atoms with Crippen molar-refractivity contribution in [1.82, 2.24) is 4.90 Å². The molecule has 0 bridgehead atoms. The molecule has 0 spiro atoms. The number of quaternary nitrogens is 1. The van der Waals surface area contributed by atoms with E-state index in [4.69, 9.17) is 4.84 Å². The highest BCUT2D eigenvalue weighted by atomic mass is 19.1. The molecule has 7 heteroatoms. The number of oxime groups is 1. The zero-order chi connectivity index (χ0) is 20.1. The molecule has 0 radical (unpaired) electrons. The lowest BCUT2D eigenvalue weighted by atomic mass is 9.93. The lowest BCUT2D eigenvalue weighted by Gasteiger charge is -2.29. The number of carbonyl (C=O) groups is 1. The average molecular weight is 388 g/mol. The van der Waals surface area contributed by atoms with Gasteiger partial charge in [-0.05, 0) is 61.1 Å². The minimum atomic E-state index is -0.617. The first-order valence-corrected chi connectivity index (χ1v) is 9.23. The van der Waals surface area contributed by atoms with Gasteiger partial charge in [0.05, 0.1) is 5.71 Å². The Bertz CT molecular complexity index is 838. The largest absolute Gasteiger partial charge is 0.420 e. The molecule has 0 atom stereocenters. The van der Waals surface area contributed by atoms with Gasteiger partial charge in [0.15, 0.2) is 0 Å². The van der Waals surface area contributed by atoms with Gasteiger partial charge >= 0.3 is 6.03 Å². The summed E-state index contributed by atoms with van der Waals surface area (Å²) in [5.41, 5.74) is 2.93. The van der Waals surface area contributed by atoms with Crippen LogP contribution < -0.4 is 5.32 Å². The van der Waals surface area contributed by atoms with Crippen LogP contribution in [0.15, 0.2) is 47.6 Å². The highest BCUT2D eigenvalue weighted by molar-refractivity contribution is 5.85. The van der Waals surface area contributed by atoms with E-state index in [1.165, 1.54) is 12.1 Å². The maximum Gasteiger partial charge on any atom is 0.420 e. The van der Waals surface area contributed by atoms with Crippen LogP contribution in [0.2, 0.25) is 0 Å². The summed E-state index contributed by atoms with van der Waals surface area (Å²) in [6.07, 6.45) is 3.38. The molecular weight excluding hydrogens is 364 g/mol. The van der Waals surface area contributed by atoms with Crippen molar-refractivity contribution in [2.24, 2.45) is 5.16 Å². The van der Waals surface area contributed by atoms with E-state index < -0.39 is 11.6 Å². The highest BCUT2D eigenvalue weighted by Gasteiger charge is 2.27. The number of rotatable bonds is 4. The number of benzene rings is 2. The standard InChI is InChI=1S/C21H23F2N3O2/c1-26(20-9-7-19(8-10-20)25-28-2)21(27)24-18-5-3-14(4-6-18)15-11-16(22)13-17(23)12-15/h3-6,11-13,20H,7-10H2,1-2H3,(H,24,27)/p+1. The second-order valence-corrected chi connectivity index (χ2v) is 6.94. The summed E-state index contributed by atoms with van der Waals surface area (Å²) in [4.78, 5) is 19.2. The summed E-state index contributed by atoms with van der Waals surface area (Å²) in [7, 11) is 3.35. The van der Waals surface area contributed by atoms with Crippen LogP contribution in [0.4, 0.5) is 19.3 Å². The smallest absolute Gasteiger partial charge is 0.399 e. The number of halogens is 2. The second-order valence-electron chi connectivity index (χ2n) is 6.94. The highest BCUT2D eigenvalue weighted by Crippen LogP contribution is 2.23. The van der Waals surface area contributed by atoms with Crippen LogP contribution in [0, 0.1) is 11.6 Å². The van der Waals surface area contributed by atoms with Gasteiger partial charge in [0.25, 0.3) is 0 Å². The van der Waals surface area contributed by atoms with Crippen molar-refractivity contribution >= 4 is 17.4 Å². The molecule has 5 nitrogen and oxygen atoms in total. The molecule has 1 aliphatic carbocycles. The van der Waals surface area contributed by atoms with Crippen LogP contribution in [-0.4, -0.2) is 36.8 Å². The van der Waals surface area contributed by atoms with Gasteiger partial charge in [0.1, 0.15) is 24.4 Å². The van der Waals surface area contributed by atoms with Crippen LogP contribution in [-0.2, 0) is 4.84 Å². The molecule has 28 heavy (non-hydrogen) atoms. The van der Waals surface area contributed by atoms with Crippen molar-refractivity contribution in [1.29, 1.82) is 0 Å². The lowest BCUT2D eigenvalue weighted by molar-refractivity contribution is -0.473. The minimum absolute atomic E-state index is 0.0679. The number of primary amides is 1. The van der Waals surface area contributed by atoms with Crippen molar-refractivity contribution in [3.05, 3.63) is 54.1 Å². The van der Waals surface area contributed by atoms with E-state index in [0.717, 1.165) is 43.1 Å². The molecule has 0 aliphatic heterocycles. The molecule has 0 heterocycles. The molecule has 1 fully saturated rings. The molecule has 0 unspecified atom stereocenters. The number of nitrogens with two attached hydrogens (primary N) is 1. The zero-order valence-electron chi connectivity index (χ0n) is 16.0. The predicted octanol–water partition coefficient (Wildman–Crippen LogP) is 3.82. The third kappa shape index (κ3) is 4.92. The van der Waals surface area contributed by atoms with Gasteiger partial charge in [0.2, 0.25) is 0 Å². The van der Waals surface area contributed by atoms with Crippen molar-refractivity contribution in [3.8, 4) is 11.1 Å². The number of urea groups is 1. The van der Waals surface area contributed by atoms with E-state index in [1.807, 2.05) is 7.05 Å². The van der Waals surface area contributed by atoms with Gasteiger partial charge in [-0.15, -0.1) is 0 Å². The SMILES string of the molecule is CON=C1CCC(N(C)C(=O)[NH2+]c2ccc(-c3cc(F)cc(F)c3)cc2)CC1. The van der Waals surface area contributed by atoms with E-state index >= 15 is 0 Å². The van der Waals surface area contributed by atoms with Gasteiger partial charge in [-0.1, -0.05) is 5.16 Å². The fraction of sp³-hybridized carbons (Fsp3) is 0.333. The third-order valence-electron chi connectivity index (χ3n) is 5.04. The number of nitrogens with zero attached hydrogens (tertiary/aromatic N) is 2. The van der Waals surface area contributed by atoms with Crippen molar-refractivity contribution in [3.63, 3.8) is 0 Å². The molecule has 0 aromatic heterocycles. The zero-order valence-corrected chi connectivity index (χ0v) is 16.0. The van der Waals surface area contributed by atoms with Crippen LogP contribution >= 0.6 is 0 Å². The Morgan fingerprint density at radius 1 is 1.07 bits per heavy atom. The van der Waals surface area contributed by atoms with Gasteiger partial charge in [-0.3, -0.25) is 4.90 Å². The Balaban J connectivity index is 1.60. The molecule has 0 saturated heterocycles. The maximum atomic E-state index is 13.4. The number of carbonyl (C=O) groups excluding carboxylic acids is 1. The molecule has 2 aromatic carbocycles. The Morgan fingerprint density at radius 3 is 2.25 bits per heavy atom. The van der Waals surface area contributed by atoms with Gasteiger partial charge < -0.3 is 4.84 Å². The van der Waals surface area contributed by atoms with Crippen molar-refractivity contribution in [2.75, 3.05) is 14.2 Å². The lowest BCUT2D eigenvalue weighted by Crippen LogP contribution is -2.85. The van der Waals surface area contributed by atoms with E-state index in [2.05, 4.69) is 5.16 Å². The summed E-state index contributed by atoms with van der Waals surface area (Å²) in [6, 6.07) is 10.6. The monoisotopic (exact) mass is 388 g/mol. The van der Waals surface area contributed by atoms with E-state index in [0.29, 0.717) is 11.1 Å². The molecule has 2 N–H and O–H groups in total. The normalized spacial score (nSPS) is 16.6. The fourth-order valence-electron chi connectivity index (χ4n) is 3.46. The van der Waals surface area contributed by atoms with Crippen LogP contribution in [0.5, 0.6) is 0 Å². The van der Waals surface area contributed by atoms with Crippen molar-refractivity contribution in [2.45, 2.75) is 31.7 Å². The Labute approximate surface area is 163 Å². The molecule has 3 rings (SSSR count). The molecule has 148 valence electrons. The number of hydrogen-bond acceptors (Lipinski definition) is 3. The molecule has 2 amide bonds. The average Bonchev–Trinajstić information content (AvgIpc) is 2.68. The second kappa shape index (κ2) is 8.93. The number of hydrogen-bond donors (Lipinski definition) is 1. The van der Waals surface area contributed by atoms with E-state index in [-0.39, 0.29) is 12.1 Å². The van der Waals surface area contributed by atoms with Gasteiger partial charge in [0, 0.05) is 31.3 Å². The molecule has 1 aliphatic rings. The first kappa shape index (κ1) is 19.9. The summed E-state index contributed by atoms with van der Waals surface area (Å²) in [5, 5.41) is 5.57. The van der Waals surface area contributed by atoms with Crippen LogP contribution in [0.3, 0.4) is 0 Å². The van der Waals surface area contributed by atoms with E-state index in [1.54, 1.807) is 41.6 Å².